The lowest BCUT2D eigenvalue weighted by Crippen LogP contribution is -2.26. The number of fused-ring (bicyclic) bond motifs is 1. The Bertz CT molecular complexity index is 754. The van der Waals surface area contributed by atoms with Gasteiger partial charge in [-0.1, -0.05) is 13.8 Å². The lowest BCUT2D eigenvalue weighted by molar-refractivity contribution is -0.138. The molecule has 6 heteroatoms. The smallest absolute Gasteiger partial charge is 0.311 e. The molecule has 0 unspecified atom stereocenters. The number of likely N-dealkylation sites (N-methyl/N-ethyl adjacent to an activating group) is 1. The van der Waals surface area contributed by atoms with Crippen molar-refractivity contribution >= 4 is 22.8 Å². The van der Waals surface area contributed by atoms with Crippen LogP contribution in [0.2, 0.25) is 0 Å². The van der Waals surface area contributed by atoms with Crippen molar-refractivity contribution in [2.75, 3.05) is 19.6 Å². The average Bonchev–Trinajstić information content (AvgIpc) is 3.04. The molecule has 2 N–H and O–H groups in total. The van der Waals surface area contributed by atoms with E-state index in [2.05, 4.69) is 23.7 Å². The summed E-state index contributed by atoms with van der Waals surface area (Å²) in [7, 11) is 0. The lowest BCUT2D eigenvalue weighted by Gasteiger charge is -2.19. The van der Waals surface area contributed by atoms with Crippen molar-refractivity contribution in [3.8, 4) is 5.75 Å². The van der Waals surface area contributed by atoms with E-state index in [9.17, 15) is 9.59 Å². The van der Waals surface area contributed by atoms with E-state index in [4.69, 9.17) is 9.84 Å². The molecule has 0 saturated heterocycles. The summed E-state index contributed by atoms with van der Waals surface area (Å²) in [4.78, 5) is 28.1. The summed E-state index contributed by atoms with van der Waals surface area (Å²) in [6, 6.07) is 5.65. The third kappa shape index (κ3) is 6.71. The number of aromatic amines is 1. The van der Waals surface area contributed by atoms with Gasteiger partial charge in [0.1, 0.15) is 5.75 Å². The minimum atomic E-state index is -0.840. The van der Waals surface area contributed by atoms with Crippen molar-refractivity contribution in [1.82, 2.24) is 9.88 Å². The Kier molecular flexibility index (Phi) is 8.33. The first-order valence-corrected chi connectivity index (χ1v) is 9.78. The van der Waals surface area contributed by atoms with E-state index < -0.39 is 5.97 Å². The molecule has 6 nitrogen and oxygen atoms in total. The number of H-pyrrole nitrogens is 1. The molecule has 0 spiro atoms. The van der Waals surface area contributed by atoms with Crippen LogP contribution in [-0.2, 0) is 16.0 Å². The first-order valence-electron chi connectivity index (χ1n) is 9.78. The Labute approximate surface area is 160 Å². The third-order valence-corrected chi connectivity index (χ3v) is 4.68. The lowest BCUT2D eigenvalue weighted by atomic mass is 10.1. The van der Waals surface area contributed by atoms with E-state index in [1.165, 1.54) is 5.56 Å². The highest BCUT2D eigenvalue weighted by Gasteiger charge is 2.10. The predicted molar refractivity (Wildman–Crippen MR) is 106 cm³/mol. The van der Waals surface area contributed by atoms with E-state index in [1.807, 2.05) is 24.4 Å². The van der Waals surface area contributed by atoms with Crippen LogP contribution >= 0.6 is 0 Å². The molecule has 148 valence electrons. The van der Waals surface area contributed by atoms with Gasteiger partial charge in [-0.15, -0.1) is 0 Å². The quantitative estimate of drug-likeness (QED) is 0.333. The SMILES string of the molecule is CCCN(CC)CCc1c[nH]c2cc(OC(=O)CCCCC(=O)O)ccc12. The second-order valence-electron chi connectivity index (χ2n) is 6.78. The highest BCUT2D eigenvalue weighted by atomic mass is 16.5. The molecular weight excluding hydrogens is 344 g/mol. The van der Waals surface area contributed by atoms with Gasteiger partial charge in [0.25, 0.3) is 0 Å². The zero-order valence-corrected chi connectivity index (χ0v) is 16.3. The monoisotopic (exact) mass is 374 g/mol. The maximum Gasteiger partial charge on any atom is 0.311 e. The van der Waals surface area contributed by atoms with Gasteiger partial charge in [-0.05, 0) is 56.5 Å². The minimum absolute atomic E-state index is 0.0816. The number of unbranched alkanes of at least 4 members (excludes halogenated alkanes) is 1. The standard InChI is InChI=1S/C21H30N2O4/c1-3-12-23(4-2)13-11-16-15-22-19-14-17(9-10-18(16)19)27-21(26)8-6-5-7-20(24)25/h9-10,14-15,22H,3-8,11-13H2,1-2H3,(H,24,25). The maximum atomic E-state index is 11.9. The first-order chi connectivity index (χ1) is 13.0. The number of esters is 1. The average molecular weight is 374 g/mol. The number of carboxylic acids is 1. The fourth-order valence-electron chi connectivity index (χ4n) is 3.19. The fraction of sp³-hybridized carbons (Fsp3) is 0.524. The summed E-state index contributed by atoms with van der Waals surface area (Å²) < 4.78 is 5.37. The number of carbonyl (C=O) groups is 2. The van der Waals surface area contributed by atoms with Crippen molar-refractivity contribution in [3.05, 3.63) is 30.0 Å². The summed E-state index contributed by atoms with van der Waals surface area (Å²) >= 11 is 0. The van der Waals surface area contributed by atoms with Crippen LogP contribution in [0.3, 0.4) is 0 Å². The van der Waals surface area contributed by atoms with Crippen LogP contribution in [0.4, 0.5) is 0 Å². The number of nitrogens with one attached hydrogen (secondary N) is 1. The molecule has 0 bridgehead atoms. The van der Waals surface area contributed by atoms with Gasteiger partial charge >= 0.3 is 11.9 Å². The number of carboxylic acid groups (broad SMARTS) is 1. The zero-order chi connectivity index (χ0) is 19.6. The number of benzene rings is 1. The highest BCUT2D eigenvalue weighted by Crippen LogP contribution is 2.24. The van der Waals surface area contributed by atoms with Gasteiger partial charge < -0.3 is 19.7 Å². The summed E-state index contributed by atoms with van der Waals surface area (Å²) in [6.07, 6.45) is 5.48. The molecule has 0 aliphatic rings. The Morgan fingerprint density at radius 1 is 1.15 bits per heavy atom. The summed E-state index contributed by atoms with van der Waals surface area (Å²) in [5.41, 5.74) is 2.23. The van der Waals surface area contributed by atoms with Crippen molar-refractivity contribution in [2.45, 2.75) is 52.4 Å². The maximum absolute atomic E-state index is 11.9. The molecule has 0 atom stereocenters. The fourth-order valence-corrected chi connectivity index (χ4v) is 3.19. The van der Waals surface area contributed by atoms with Crippen LogP contribution < -0.4 is 4.74 Å². The number of aromatic nitrogens is 1. The Morgan fingerprint density at radius 2 is 1.93 bits per heavy atom. The van der Waals surface area contributed by atoms with E-state index in [-0.39, 0.29) is 18.8 Å². The van der Waals surface area contributed by atoms with Crippen molar-refractivity contribution in [2.24, 2.45) is 0 Å². The van der Waals surface area contributed by atoms with Crippen molar-refractivity contribution in [1.29, 1.82) is 0 Å². The van der Waals surface area contributed by atoms with Crippen molar-refractivity contribution < 1.29 is 19.4 Å². The second-order valence-corrected chi connectivity index (χ2v) is 6.78. The molecule has 0 fully saturated rings. The molecule has 0 saturated carbocycles. The Morgan fingerprint density at radius 3 is 2.63 bits per heavy atom. The molecule has 2 aromatic rings. The summed E-state index contributed by atoms with van der Waals surface area (Å²) in [5.74, 6) is -0.655. The normalized spacial score (nSPS) is 11.2. The predicted octanol–water partition coefficient (Wildman–Crippen LogP) is 3.99. The molecule has 1 aromatic heterocycles. The molecule has 0 amide bonds. The van der Waals surface area contributed by atoms with Crippen LogP contribution in [0.15, 0.2) is 24.4 Å². The second kappa shape index (κ2) is 10.7. The van der Waals surface area contributed by atoms with Gasteiger partial charge in [0, 0.05) is 42.6 Å². The van der Waals surface area contributed by atoms with Crippen LogP contribution in [0.5, 0.6) is 5.75 Å². The number of ether oxygens (including phenoxy) is 1. The van der Waals surface area contributed by atoms with Gasteiger partial charge in [0.15, 0.2) is 0 Å². The first kappa shape index (κ1) is 21.0. The van der Waals surface area contributed by atoms with Gasteiger partial charge in [0.05, 0.1) is 0 Å². The van der Waals surface area contributed by atoms with Crippen LogP contribution in [-0.4, -0.2) is 46.6 Å². The van der Waals surface area contributed by atoms with Gasteiger partial charge in [-0.25, -0.2) is 0 Å². The Hall–Kier alpha value is -2.34. The number of rotatable bonds is 12. The van der Waals surface area contributed by atoms with Gasteiger partial charge in [-0.2, -0.15) is 0 Å². The number of aliphatic carboxylic acids is 1. The largest absolute Gasteiger partial charge is 0.481 e. The molecule has 0 aliphatic heterocycles. The van der Waals surface area contributed by atoms with Gasteiger partial charge in [0.2, 0.25) is 0 Å². The van der Waals surface area contributed by atoms with E-state index >= 15 is 0 Å². The number of hydrogen-bond donors (Lipinski definition) is 2. The van der Waals surface area contributed by atoms with E-state index in [0.717, 1.165) is 43.4 Å². The van der Waals surface area contributed by atoms with Gasteiger partial charge in [-0.3, -0.25) is 9.59 Å². The highest BCUT2D eigenvalue weighted by molar-refractivity contribution is 5.85. The third-order valence-electron chi connectivity index (χ3n) is 4.68. The van der Waals surface area contributed by atoms with Crippen LogP contribution in [0, 0.1) is 0 Å². The zero-order valence-electron chi connectivity index (χ0n) is 16.3. The van der Waals surface area contributed by atoms with Crippen LogP contribution in [0.1, 0.15) is 51.5 Å². The molecule has 0 radical (unpaired) electrons. The van der Waals surface area contributed by atoms with E-state index in [0.29, 0.717) is 18.6 Å². The van der Waals surface area contributed by atoms with Crippen LogP contribution in [0.25, 0.3) is 10.9 Å². The number of hydrogen-bond acceptors (Lipinski definition) is 4. The molecule has 27 heavy (non-hydrogen) atoms. The summed E-state index contributed by atoms with van der Waals surface area (Å²) in [6.45, 7) is 7.59. The molecule has 0 aliphatic carbocycles. The summed E-state index contributed by atoms with van der Waals surface area (Å²) in [5, 5.41) is 9.76. The number of carbonyl (C=O) groups excluding carboxylic acids is 1. The van der Waals surface area contributed by atoms with E-state index in [1.54, 1.807) is 0 Å². The Balaban J connectivity index is 1.90. The molecular formula is C21H30N2O4. The molecule has 1 heterocycles. The van der Waals surface area contributed by atoms with Crippen molar-refractivity contribution in [3.63, 3.8) is 0 Å². The topological polar surface area (TPSA) is 82.6 Å². The molecule has 1 aromatic carbocycles. The minimum Gasteiger partial charge on any atom is -0.481 e. The molecule has 2 rings (SSSR count). The number of nitrogens with zero attached hydrogens (tertiary/aromatic N) is 1.